The zero-order valence-corrected chi connectivity index (χ0v) is 20.3. The number of nitriles is 1. The van der Waals surface area contributed by atoms with Crippen LogP contribution in [-0.2, 0) is 4.79 Å². The van der Waals surface area contributed by atoms with E-state index in [4.69, 9.17) is 11.6 Å². The minimum atomic E-state index is -1.69. The molecule has 164 valence electrons. The van der Waals surface area contributed by atoms with E-state index >= 15 is 0 Å². The standard InChI is InChI=1S/C24H30ClN3O2Si/c1-17-8-5-6-11-21(17)18-9-7-10-19(14-18)23(29)28-22(16-31(2,3)4)24(30)27-20(15-26)12-13-25/h5-11,14,20,22H,12-13,16H2,1-4H3,(H,27,30)(H,28,29). The number of hydrogen-bond donors (Lipinski definition) is 2. The number of rotatable bonds is 9. The van der Waals surface area contributed by atoms with Crippen molar-refractivity contribution in [3.8, 4) is 17.2 Å². The fraction of sp³-hybridized carbons (Fsp3) is 0.375. The van der Waals surface area contributed by atoms with Crippen LogP contribution in [0.15, 0.2) is 48.5 Å². The normalized spacial score (nSPS) is 13.0. The highest BCUT2D eigenvalue weighted by Gasteiger charge is 2.29. The molecule has 31 heavy (non-hydrogen) atoms. The molecule has 2 unspecified atom stereocenters. The van der Waals surface area contributed by atoms with E-state index in [-0.39, 0.29) is 17.7 Å². The number of amides is 2. The molecule has 2 rings (SSSR count). The zero-order chi connectivity index (χ0) is 23.0. The highest BCUT2D eigenvalue weighted by atomic mass is 35.5. The lowest BCUT2D eigenvalue weighted by Gasteiger charge is -2.26. The second-order valence-corrected chi connectivity index (χ2v) is 14.8. The van der Waals surface area contributed by atoms with Gasteiger partial charge < -0.3 is 10.6 Å². The summed E-state index contributed by atoms with van der Waals surface area (Å²) in [5.74, 6) is -0.378. The van der Waals surface area contributed by atoms with E-state index in [2.05, 4.69) is 30.3 Å². The lowest BCUT2D eigenvalue weighted by atomic mass is 9.99. The van der Waals surface area contributed by atoms with Gasteiger partial charge in [-0.2, -0.15) is 5.26 Å². The maximum absolute atomic E-state index is 13.0. The predicted octanol–water partition coefficient (Wildman–Crippen LogP) is 4.74. The minimum absolute atomic E-state index is 0.273. The van der Waals surface area contributed by atoms with Crippen molar-refractivity contribution in [1.29, 1.82) is 5.26 Å². The van der Waals surface area contributed by atoms with Crippen LogP contribution in [0, 0.1) is 18.3 Å². The SMILES string of the molecule is Cc1ccccc1-c1cccc(C(=O)NC(C[Si](C)(C)C)C(=O)NC(C#N)CCCl)c1. The van der Waals surface area contributed by atoms with Crippen molar-refractivity contribution in [2.24, 2.45) is 0 Å². The summed E-state index contributed by atoms with van der Waals surface area (Å²) in [6.45, 7) is 8.44. The molecule has 0 saturated heterocycles. The fourth-order valence-electron chi connectivity index (χ4n) is 3.34. The van der Waals surface area contributed by atoms with Gasteiger partial charge in [-0.05, 0) is 48.2 Å². The maximum Gasteiger partial charge on any atom is 0.251 e. The Morgan fingerprint density at radius 3 is 2.42 bits per heavy atom. The third-order valence-corrected chi connectivity index (χ3v) is 6.74. The van der Waals surface area contributed by atoms with E-state index in [1.54, 1.807) is 6.07 Å². The summed E-state index contributed by atoms with van der Waals surface area (Å²) in [4.78, 5) is 25.9. The molecule has 0 radical (unpaired) electrons. The summed E-state index contributed by atoms with van der Waals surface area (Å²) in [7, 11) is -1.69. The molecule has 5 nitrogen and oxygen atoms in total. The van der Waals surface area contributed by atoms with Crippen LogP contribution in [0.25, 0.3) is 11.1 Å². The number of benzene rings is 2. The molecule has 0 bridgehead atoms. The number of carbonyl (C=O) groups excluding carboxylic acids is 2. The maximum atomic E-state index is 13.0. The first-order valence-corrected chi connectivity index (χ1v) is 14.6. The molecule has 0 spiro atoms. The number of alkyl halides is 1. The third kappa shape index (κ3) is 7.53. The molecule has 2 N–H and O–H groups in total. The van der Waals surface area contributed by atoms with E-state index in [0.29, 0.717) is 18.0 Å². The van der Waals surface area contributed by atoms with Crippen LogP contribution < -0.4 is 10.6 Å². The Hall–Kier alpha value is -2.62. The summed E-state index contributed by atoms with van der Waals surface area (Å²) < 4.78 is 0. The summed E-state index contributed by atoms with van der Waals surface area (Å²) in [5.41, 5.74) is 3.62. The van der Waals surface area contributed by atoms with Crippen LogP contribution >= 0.6 is 11.6 Å². The average molecular weight is 456 g/mol. The first kappa shape index (κ1) is 24.6. The molecule has 0 aliphatic carbocycles. The van der Waals surface area contributed by atoms with Crippen molar-refractivity contribution in [1.82, 2.24) is 10.6 Å². The fourth-order valence-corrected chi connectivity index (χ4v) is 5.07. The van der Waals surface area contributed by atoms with E-state index in [1.165, 1.54) is 0 Å². The molecule has 0 aliphatic heterocycles. The number of hydrogen-bond acceptors (Lipinski definition) is 3. The third-order valence-electron chi connectivity index (χ3n) is 4.89. The number of carbonyl (C=O) groups is 2. The Bertz CT molecular complexity index is 966. The van der Waals surface area contributed by atoms with Gasteiger partial charge in [-0.1, -0.05) is 56.0 Å². The molecule has 2 amide bonds. The monoisotopic (exact) mass is 455 g/mol. The molecule has 2 atom stereocenters. The van der Waals surface area contributed by atoms with Crippen LogP contribution in [-0.4, -0.2) is 37.9 Å². The molecule has 0 aromatic heterocycles. The van der Waals surface area contributed by atoms with Crippen molar-refractivity contribution in [2.45, 2.75) is 51.1 Å². The lowest BCUT2D eigenvalue weighted by molar-refractivity contribution is -0.123. The second kappa shape index (κ2) is 11.1. The molecule has 0 fully saturated rings. The van der Waals surface area contributed by atoms with Crippen LogP contribution in [0.4, 0.5) is 0 Å². The predicted molar refractivity (Wildman–Crippen MR) is 129 cm³/mol. The summed E-state index contributed by atoms with van der Waals surface area (Å²) in [6.07, 6.45) is 0.357. The molecular weight excluding hydrogens is 426 g/mol. The molecule has 2 aromatic carbocycles. The van der Waals surface area contributed by atoms with Crippen molar-refractivity contribution in [3.05, 3.63) is 59.7 Å². The van der Waals surface area contributed by atoms with Crippen molar-refractivity contribution in [3.63, 3.8) is 0 Å². The molecular formula is C24H30ClN3O2Si. The van der Waals surface area contributed by atoms with Gasteiger partial charge in [0.1, 0.15) is 12.1 Å². The van der Waals surface area contributed by atoms with Crippen LogP contribution in [0.1, 0.15) is 22.3 Å². The number of nitrogens with one attached hydrogen (secondary N) is 2. The minimum Gasteiger partial charge on any atom is -0.341 e. The van der Waals surface area contributed by atoms with E-state index < -0.39 is 20.2 Å². The van der Waals surface area contributed by atoms with Gasteiger partial charge in [0.05, 0.1) is 6.07 Å². The van der Waals surface area contributed by atoms with Crippen LogP contribution in [0.3, 0.4) is 0 Å². The summed E-state index contributed by atoms with van der Waals surface area (Å²) in [5, 5.41) is 14.9. The van der Waals surface area contributed by atoms with Crippen molar-refractivity contribution < 1.29 is 9.59 Å². The number of halogens is 1. The molecule has 7 heteroatoms. The van der Waals surface area contributed by atoms with Gasteiger partial charge in [0.2, 0.25) is 5.91 Å². The quantitative estimate of drug-likeness (QED) is 0.423. The highest BCUT2D eigenvalue weighted by molar-refractivity contribution is 6.76. The average Bonchev–Trinajstić information content (AvgIpc) is 2.72. The number of nitrogens with zero attached hydrogens (tertiary/aromatic N) is 1. The van der Waals surface area contributed by atoms with Gasteiger partial charge in [0.15, 0.2) is 0 Å². The molecule has 0 aliphatic rings. The van der Waals surface area contributed by atoms with Gasteiger partial charge in [0.25, 0.3) is 5.91 Å². The first-order valence-electron chi connectivity index (χ1n) is 10.4. The van der Waals surface area contributed by atoms with Gasteiger partial charge in [-0.3, -0.25) is 9.59 Å². The number of aryl methyl sites for hydroxylation is 1. The molecule has 2 aromatic rings. The van der Waals surface area contributed by atoms with Gasteiger partial charge in [0, 0.05) is 19.5 Å². The highest BCUT2D eigenvalue weighted by Crippen LogP contribution is 2.24. The van der Waals surface area contributed by atoms with E-state index in [9.17, 15) is 14.9 Å². The first-order chi connectivity index (χ1) is 14.6. The summed E-state index contributed by atoms with van der Waals surface area (Å²) in [6, 6.07) is 16.6. The topological polar surface area (TPSA) is 82.0 Å². The van der Waals surface area contributed by atoms with Crippen LogP contribution in [0.2, 0.25) is 25.7 Å². The molecule has 0 heterocycles. The largest absolute Gasteiger partial charge is 0.341 e. The van der Waals surface area contributed by atoms with Crippen molar-refractivity contribution >= 4 is 31.5 Å². The molecule has 0 saturated carbocycles. The zero-order valence-electron chi connectivity index (χ0n) is 18.5. The lowest BCUT2D eigenvalue weighted by Crippen LogP contribution is -2.52. The Morgan fingerprint density at radius 1 is 1.10 bits per heavy atom. The van der Waals surface area contributed by atoms with Gasteiger partial charge in [-0.25, -0.2) is 0 Å². The van der Waals surface area contributed by atoms with Gasteiger partial charge >= 0.3 is 0 Å². The smallest absolute Gasteiger partial charge is 0.251 e. The van der Waals surface area contributed by atoms with Crippen LogP contribution in [0.5, 0.6) is 0 Å². The Kier molecular flexibility index (Phi) is 8.84. The Balaban J connectivity index is 2.23. The Morgan fingerprint density at radius 2 is 1.81 bits per heavy atom. The van der Waals surface area contributed by atoms with E-state index in [0.717, 1.165) is 16.7 Å². The second-order valence-electron chi connectivity index (χ2n) is 8.85. The summed E-state index contributed by atoms with van der Waals surface area (Å²) >= 11 is 5.72. The Labute approximate surface area is 190 Å². The van der Waals surface area contributed by atoms with Crippen molar-refractivity contribution in [2.75, 3.05) is 5.88 Å². The van der Waals surface area contributed by atoms with Gasteiger partial charge in [-0.15, -0.1) is 11.6 Å². The van der Waals surface area contributed by atoms with E-state index in [1.807, 2.05) is 55.5 Å².